The van der Waals surface area contributed by atoms with E-state index in [0.717, 1.165) is 12.2 Å². The number of nitrogens with one attached hydrogen (secondary N) is 1. The van der Waals surface area contributed by atoms with Gasteiger partial charge in [-0.25, -0.2) is 8.78 Å². The van der Waals surface area contributed by atoms with Gasteiger partial charge in [0.2, 0.25) is 0 Å². The summed E-state index contributed by atoms with van der Waals surface area (Å²) < 4.78 is 26.5. The van der Waals surface area contributed by atoms with E-state index >= 15 is 0 Å². The summed E-state index contributed by atoms with van der Waals surface area (Å²) in [5.41, 5.74) is 3.59. The minimum Gasteiger partial charge on any atom is -0.371 e. The van der Waals surface area contributed by atoms with Gasteiger partial charge >= 0.3 is 0 Å². The van der Waals surface area contributed by atoms with Crippen LogP contribution < -0.4 is 10.2 Å². The largest absolute Gasteiger partial charge is 0.371 e. The molecule has 0 aromatic heterocycles. The lowest BCUT2D eigenvalue weighted by atomic mass is 9.98. The predicted octanol–water partition coefficient (Wildman–Crippen LogP) is 3.76. The number of benzene rings is 1. The molecule has 0 radical (unpaired) electrons. The minimum absolute atomic E-state index is 0.0437. The van der Waals surface area contributed by atoms with Gasteiger partial charge in [0, 0.05) is 38.2 Å². The maximum atomic E-state index is 13.3. The average molecular weight is 282 g/mol. The molecule has 0 bridgehead atoms. The Morgan fingerprint density at radius 3 is 2.45 bits per heavy atom. The number of rotatable bonds is 4. The van der Waals surface area contributed by atoms with Crippen molar-refractivity contribution in [3.63, 3.8) is 0 Å². The Balaban J connectivity index is 2.22. The maximum absolute atomic E-state index is 13.3. The molecule has 1 heterocycles. The first-order valence-corrected chi connectivity index (χ1v) is 7.33. The quantitative estimate of drug-likeness (QED) is 0.904. The van der Waals surface area contributed by atoms with Crippen LogP contribution in [0.4, 0.5) is 14.5 Å². The van der Waals surface area contributed by atoms with Gasteiger partial charge in [-0.3, -0.25) is 0 Å². The molecule has 1 fully saturated rings. The van der Waals surface area contributed by atoms with Crippen molar-refractivity contribution in [1.82, 2.24) is 5.32 Å². The van der Waals surface area contributed by atoms with Crippen molar-refractivity contribution in [2.24, 2.45) is 0 Å². The van der Waals surface area contributed by atoms with Crippen LogP contribution in [0.25, 0.3) is 0 Å². The lowest BCUT2D eigenvalue weighted by Crippen LogP contribution is -2.40. The Kier molecular flexibility index (Phi) is 4.63. The molecule has 2 nitrogen and oxygen atoms in total. The minimum atomic E-state index is -2.49. The Morgan fingerprint density at radius 1 is 1.25 bits per heavy atom. The molecule has 4 heteroatoms. The van der Waals surface area contributed by atoms with Crippen molar-refractivity contribution in [1.29, 1.82) is 0 Å². The Labute approximate surface area is 120 Å². The van der Waals surface area contributed by atoms with Gasteiger partial charge in [-0.1, -0.05) is 26.0 Å². The zero-order valence-corrected chi connectivity index (χ0v) is 12.5. The molecule has 0 saturated carbocycles. The van der Waals surface area contributed by atoms with Crippen LogP contribution in [0.1, 0.15) is 43.7 Å². The van der Waals surface area contributed by atoms with Crippen molar-refractivity contribution < 1.29 is 8.78 Å². The number of hydrogen-bond acceptors (Lipinski definition) is 2. The summed E-state index contributed by atoms with van der Waals surface area (Å²) in [5, 5.41) is 3.17. The first-order chi connectivity index (χ1) is 9.43. The van der Waals surface area contributed by atoms with E-state index in [0.29, 0.717) is 19.0 Å². The Morgan fingerprint density at radius 2 is 1.90 bits per heavy atom. The van der Waals surface area contributed by atoms with Crippen molar-refractivity contribution >= 4 is 5.69 Å². The smallest absolute Gasteiger partial charge is 0.251 e. The third-order valence-electron chi connectivity index (χ3n) is 3.97. The van der Waals surface area contributed by atoms with Gasteiger partial charge < -0.3 is 10.2 Å². The molecule has 0 amide bonds. The molecular weight excluding hydrogens is 258 g/mol. The van der Waals surface area contributed by atoms with Crippen LogP contribution in [0.3, 0.4) is 0 Å². The first-order valence-electron chi connectivity index (χ1n) is 7.33. The molecule has 0 aliphatic carbocycles. The molecule has 1 aromatic carbocycles. The number of nitrogens with zero attached hydrogens (tertiary/aromatic N) is 1. The van der Waals surface area contributed by atoms with Crippen LogP contribution in [0, 0.1) is 0 Å². The maximum Gasteiger partial charge on any atom is 0.251 e. The molecule has 112 valence electrons. The number of alkyl halides is 2. The molecule has 1 N–H and O–H groups in total. The third-order valence-corrected chi connectivity index (χ3v) is 3.97. The van der Waals surface area contributed by atoms with Gasteiger partial charge in [0.25, 0.3) is 5.92 Å². The van der Waals surface area contributed by atoms with Crippen LogP contribution in [0.2, 0.25) is 0 Å². The Hall–Kier alpha value is -1.16. The van der Waals surface area contributed by atoms with Crippen LogP contribution >= 0.6 is 0 Å². The van der Waals surface area contributed by atoms with E-state index < -0.39 is 5.92 Å². The molecular formula is C16H24F2N2. The van der Waals surface area contributed by atoms with Gasteiger partial charge in [-0.2, -0.15) is 0 Å². The molecule has 0 unspecified atom stereocenters. The second-order valence-corrected chi connectivity index (χ2v) is 5.92. The number of halogens is 2. The van der Waals surface area contributed by atoms with Crippen molar-refractivity contribution in [2.45, 2.75) is 45.1 Å². The third kappa shape index (κ3) is 3.48. The van der Waals surface area contributed by atoms with Crippen molar-refractivity contribution in [3.05, 3.63) is 29.3 Å². The van der Waals surface area contributed by atoms with E-state index in [1.807, 2.05) is 7.05 Å². The molecule has 0 spiro atoms. The summed E-state index contributed by atoms with van der Waals surface area (Å²) >= 11 is 0. The highest BCUT2D eigenvalue weighted by Crippen LogP contribution is 2.33. The highest BCUT2D eigenvalue weighted by atomic mass is 19.3. The fourth-order valence-corrected chi connectivity index (χ4v) is 2.68. The fourth-order valence-electron chi connectivity index (χ4n) is 2.68. The molecule has 1 aromatic rings. The second-order valence-electron chi connectivity index (χ2n) is 5.92. The molecule has 0 atom stereocenters. The fraction of sp³-hybridized carbons (Fsp3) is 0.625. The van der Waals surface area contributed by atoms with Crippen molar-refractivity contribution in [3.8, 4) is 0 Å². The van der Waals surface area contributed by atoms with E-state index in [4.69, 9.17) is 0 Å². The first kappa shape index (κ1) is 15.2. The highest BCUT2D eigenvalue weighted by Gasteiger charge is 2.34. The van der Waals surface area contributed by atoms with Gasteiger partial charge in [0.15, 0.2) is 0 Å². The van der Waals surface area contributed by atoms with Gasteiger partial charge in [-0.05, 0) is 30.2 Å². The zero-order chi connectivity index (χ0) is 14.8. The topological polar surface area (TPSA) is 15.3 Å². The van der Waals surface area contributed by atoms with Crippen LogP contribution in [-0.2, 0) is 6.54 Å². The average Bonchev–Trinajstić information content (AvgIpc) is 2.39. The summed E-state index contributed by atoms with van der Waals surface area (Å²) in [5.74, 6) is -2.01. The van der Waals surface area contributed by atoms with Gasteiger partial charge in [0.1, 0.15) is 0 Å². The monoisotopic (exact) mass is 282 g/mol. The SMILES string of the molecule is CNCc1cc(C(C)C)ccc1N1CCC(F)(F)CC1. The predicted molar refractivity (Wildman–Crippen MR) is 79.7 cm³/mol. The van der Waals surface area contributed by atoms with E-state index in [9.17, 15) is 8.78 Å². The Bertz CT molecular complexity index is 448. The van der Waals surface area contributed by atoms with Crippen LogP contribution in [-0.4, -0.2) is 26.1 Å². The molecule has 1 aliphatic rings. The van der Waals surface area contributed by atoms with E-state index in [1.54, 1.807) is 0 Å². The molecule has 1 aliphatic heterocycles. The van der Waals surface area contributed by atoms with Crippen LogP contribution in [0.15, 0.2) is 18.2 Å². The summed E-state index contributed by atoms with van der Waals surface area (Å²) in [6.45, 7) is 5.97. The number of hydrogen-bond donors (Lipinski definition) is 1. The molecule has 1 saturated heterocycles. The summed E-state index contributed by atoms with van der Waals surface area (Å²) in [6, 6.07) is 6.40. The van der Waals surface area contributed by atoms with Crippen LogP contribution in [0.5, 0.6) is 0 Å². The summed E-state index contributed by atoms with van der Waals surface area (Å²) in [4.78, 5) is 2.09. The standard InChI is InChI=1S/C16H24F2N2/c1-12(2)13-4-5-15(14(10-13)11-19-3)20-8-6-16(17,18)7-9-20/h4-5,10,12,19H,6-9,11H2,1-3H3. The second kappa shape index (κ2) is 6.08. The van der Waals surface area contributed by atoms with Gasteiger partial charge in [0.05, 0.1) is 0 Å². The summed E-state index contributed by atoms with van der Waals surface area (Å²) in [7, 11) is 1.91. The van der Waals surface area contributed by atoms with E-state index in [1.165, 1.54) is 11.1 Å². The number of piperidine rings is 1. The van der Waals surface area contributed by atoms with E-state index in [2.05, 4.69) is 42.3 Å². The van der Waals surface area contributed by atoms with Gasteiger partial charge in [-0.15, -0.1) is 0 Å². The lowest BCUT2D eigenvalue weighted by molar-refractivity contribution is -0.0220. The summed E-state index contributed by atoms with van der Waals surface area (Å²) in [6.07, 6.45) is -0.0874. The van der Waals surface area contributed by atoms with Crippen molar-refractivity contribution in [2.75, 3.05) is 25.0 Å². The molecule has 2 rings (SSSR count). The highest BCUT2D eigenvalue weighted by molar-refractivity contribution is 5.56. The molecule has 20 heavy (non-hydrogen) atoms. The van der Waals surface area contributed by atoms with E-state index in [-0.39, 0.29) is 12.8 Å². The normalized spacial score (nSPS) is 18.6. The number of anilines is 1. The zero-order valence-electron chi connectivity index (χ0n) is 12.5. The lowest BCUT2D eigenvalue weighted by Gasteiger charge is -2.35.